The van der Waals surface area contributed by atoms with Crippen molar-refractivity contribution < 1.29 is 9.53 Å². The number of hydrogen-bond acceptors (Lipinski definition) is 4. The minimum absolute atomic E-state index is 0.306. The largest absolute Gasteiger partial charge is 0.496 e. The van der Waals surface area contributed by atoms with Crippen molar-refractivity contribution >= 4 is 33.2 Å². The third-order valence-electron chi connectivity index (χ3n) is 2.51. The molecule has 6 heteroatoms. The molecule has 98 valence electrons. The first-order chi connectivity index (χ1) is 9.13. The highest BCUT2D eigenvalue weighted by Crippen LogP contribution is 2.26. The molecule has 0 saturated heterocycles. The quantitative estimate of drug-likeness (QED) is 0.673. The number of rotatable bonds is 3. The number of anilines is 2. The van der Waals surface area contributed by atoms with Crippen molar-refractivity contribution in [1.29, 1.82) is 0 Å². The van der Waals surface area contributed by atoms with Crippen LogP contribution in [0.15, 0.2) is 41.1 Å². The second kappa shape index (κ2) is 5.71. The summed E-state index contributed by atoms with van der Waals surface area (Å²) >= 11 is 3.26. The van der Waals surface area contributed by atoms with E-state index in [0.29, 0.717) is 27.3 Å². The molecule has 0 fully saturated rings. The van der Waals surface area contributed by atoms with Crippen molar-refractivity contribution in [2.45, 2.75) is 0 Å². The summed E-state index contributed by atoms with van der Waals surface area (Å²) in [5.74, 6) is 0.0844. The minimum Gasteiger partial charge on any atom is -0.496 e. The Morgan fingerprint density at radius 2 is 2.16 bits per heavy atom. The van der Waals surface area contributed by atoms with Gasteiger partial charge in [0.05, 0.1) is 12.8 Å². The van der Waals surface area contributed by atoms with Crippen LogP contribution in [0.5, 0.6) is 5.75 Å². The lowest BCUT2D eigenvalue weighted by Gasteiger charge is -2.12. The van der Waals surface area contributed by atoms with Gasteiger partial charge in [0.1, 0.15) is 15.9 Å². The highest BCUT2D eigenvalue weighted by atomic mass is 79.9. The van der Waals surface area contributed by atoms with Gasteiger partial charge in [-0.1, -0.05) is 6.07 Å². The van der Waals surface area contributed by atoms with Gasteiger partial charge < -0.3 is 15.8 Å². The molecule has 5 nitrogen and oxygen atoms in total. The van der Waals surface area contributed by atoms with Crippen LogP contribution in [0.1, 0.15) is 10.4 Å². The molecule has 0 aliphatic heterocycles. The summed E-state index contributed by atoms with van der Waals surface area (Å²) in [5, 5.41) is 2.73. The fourth-order valence-corrected chi connectivity index (χ4v) is 1.97. The number of ether oxygens (including phenoxy) is 1. The average Bonchev–Trinajstić information content (AvgIpc) is 2.40. The van der Waals surface area contributed by atoms with E-state index in [-0.39, 0.29) is 5.91 Å². The number of aromatic nitrogens is 1. The molecule has 1 heterocycles. The number of nitrogens with one attached hydrogen (secondary N) is 1. The van der Waals surface area contributed by atoms with E-state index >= 15 is 0 Å². The number of halogens is 1. The molecule has 1 amide bonds. The monoisotopic (exact) mass is 321 g/mol. The van der Waals surface area contributed by atoms with Crippen LogP contribution in [0.2, 0.25) is 0 Å². The Labute approximate surface area is 118 Å². The van der Waals surface area contributed by atoms with E-state index in [9.17, 15) is 4.79 Å². The smallest absolute Gasteiger partial charge is 0.261 e. The summed E-state index contributed by atoms with van der Waals surface area (Å²) in [7, 11) is 1.49. The number of nitrogens with zero attached hydrogens (tertiary/aromatic N) is 1. The molecule has 3 N–H and O–H groups in total. The molecular formula is C13H12BrN3O2. The second-order valence-corrected chi connectivity index (χ2v) is 4.47. The fraction of sp³-hybridized carbons (Fsp3) is 0.0769. The summed E-state index contributed by atoms with van der Waals surface area (Å²) in [6.07, 6.45) is 1.62. The maximum Gasteiger partial charge on any atom is 0.261 e. The van der Waals surface area contributed by atoms with Crippen LogP contribution >= 0.6 is 15.9 Å². The Morgan fingerprint density at radius 1 is 1.37 bits per heavy atom. The predicted molar refractivity (Wildman–Crippen MR) is 77.3 cm³/mol. The topological polar surface area (TPSA) is 77.2 Å². The number of carbonyl (C=O) groups is 1. The first kappa shape index (κ1) is 13.4. The number of nitrogens with two attached hydrogens (primary N) is 1. The lowest BCUT2D eigenvalue weighted by molar-refractivity contribution is 0.102. The minimum atomic E-state index is -0.344. The number of benzene rings is 1. The third-order valence-corrected chi connectivity index (χ3v) is 3.14. The van der Waals surface area contributed by atoms with Gasteiger partial charge in [-0.25, -0.2) is 4.98 Å². The van der Waals surface area contributed by atoms with Crippen molar-refractivity contribution in [2.75, 3.05) is 18.2 Å². The van der Waals surface area contributed by atoms with Crippen molar-refractivity contribution in [1.82, 2.24) is 4.98 Å². The summed E-state index contributed by atoms with van der Waals surface area (Å²) < 4.78 is 5.70. The van der Waals surface area contributed by atoms with Gasteiger partial charge in [0.2, 0.25) is 0 Å². The zero-order valence-electron chi connectivity index (χ0n) is 10.2. The first-order valence-corrected chi connectivity index (χ1v) is 6.27. The number of amides is 1. The van der Waals surface area contributed by atoms with Crippen molar-refractivity contribution in [3.8, 4) is 5.75 Å². The summed E-state index contributed by atoms with van der Waals surface area (Å²) in [4.78, 5) is 16.3. The van der Waals surface area contributed by atoms with Gasteiger partial charge in [0, 0.05) is 11.9 Å². The van der Waals surface area contributed by atoms with Gasteiger partial charge in [0.15, 0.2) is 0 Å². The molecule has 1 aromatic carbocycles. The maximum absolute atomic E-state index is 12.2. The fourth-order valence-electron chi connectivity index (χ4n) is 1.63. The molecule has 0 saturated carbocycles. The van der Waals surface area contributed by atoms with E-state index in [0.717, 1.165) is 0 Å². The molecule has 1 aromatic heterocycles. The predicted octanol–water partition coefficient (Wildman–Crippen LogP) is 2.69. The molecule has 0 aliphatic carbocycles. The normalized spacial score (nSPS) is 10.0. The molecule has 2 aromatic rings. The molecule has 0 unspecified atom stereocenters. The number of carbonyl (C=O) groups excluding carboxylic acids is 1. The Morgan fingerprint density at radius 3 is 2.84 bits per heavy atom. The lowest BCUT2D eigenvalue weighted by atomic mass is 10.1. The molecule has 0 radical (unpaired) electrons. The van der Waals surface area contributed by atoms with Crippen LogP contribution in [0.4, 0.5) is 11.4 Å². The zero-order valence-corrected chi connectivity index (χ0v) is 11.8. The highest BCUT2D eigenvalue weighted by molar-refractivity contribution is 9.10. The zero-order chi connectivity index (χ0) is 13.8. The summed E-state index contributed by atoms with van der Waals surface area (Å²) in [6, 6.07) is 8.52. The van der Waals surface area contributed by atoms with Gasteiger partial charge >= 0.3 is 0 Å². The van der Waals surface area contributed by atoms with E-state index in [2.05, 4.69) is 26.2 Å². The van der Waals surface area contributed by atoms with Gasteiger partial charge in [-0.15, -0.1) is 0 Å². The number of methoxy groups -OCH3 is 1. The standard InChI is InChI=1S/C13H12BrN3O2/c1-19-10-6-2-4-8(15)11(10)13(18)17-9-5-3-7-16-12(9)14/h2-7H,15H2,1H3,(H,17,18). The van der Waals surface area contributed by atoms with Crippen LogP contribution in [-0.4, -0.2) is 18.0 Å². The summed E-state index contributed by atoms with van der Waals surface area (Å²) in [6.45, 7) is 0. The van der Waals surface area contributed by atoms with E-state index in [1.54, 1.807) is 36.5 Å². The molecule has 2 rings (SSSR count). The van der Waals surface area contributed by atoms with Gasteiger partial charge in [-0.3, -0.25) is 4.79 Å². The van der Waals surface area contributed by atoms with Gasteiger partial charge in [0.25, 0.3) is 5.91 Å². The Hall–Kier alpha value is -2.08. The molecule has 0 bridgehead atoms. The highest BCUT2D eigenvalue weighted by Gasteiger charge is 2.16. The van der Waals surface area contributed by atoms with Crippen LogP contribution in [0.25, 0.3) is 0 Å². The van der Waals surface area contributed by atoms with Gasteiger partial charge in [-0.2, -0.15) is 0 Å². The third kappa shape index (κ3) is 2.85. The van der Waals surface area contributed by atoms with E-state index in [1.165, 1.54) is 7.11 Å². The van der Waals surface area contributed by atoms with Crippen LogP contribution < -0.4 is 15.8 Å². The summed E-state index contributed by atoms with van der Waals surface area (Å²) in [5.41, 5.74) is 7.05. The lowest BCUT2D eigenvalue weighted by Crippen LogP contribution is -2.15. The SMILES string of the molecule is COc1cccc(N)c1C(=O)Nc1cccnc1Br. The van der Waals surface area contributed by atoms with E-state index in [4.69, 9.17) is 10.5 Å². The molecule has 0 atom stereocenters. The number of pyridine rings is 1. The van der Waals surface area contributed by atoms with Gasteiger partial charge in [-0.05, 0) is 40.2 Å². The van der Waals surface area contributed by atoms with Crippen molar-refractivity contribution in [3.63, 3.8) is 0 Å². The van der Waals surface area contributed by atoms with E-state index < -0.39 is 0 Å². The van der Waals surface area contributed by atoms with E-state index in [1.807, 2.05) is 0 Å². The van der Waals surface area contributed by atoms with Crippen LogP contribution in [0.3, 0.4) is 0 Å². The number of hydrogen-bond donors (Lipinski definition) is 2. The Kier molecular flexibility index (Phi) is 4.01. The van der Waals surface area contributed by atoms with Crippen LogP contribution in [0, 0.1) is 0 Å². The maximum atomic E-state index is 12.2. The molecule has 19 heavy (non-hydrogen) atoms. The second-order valence-electron chi connectivity index (χ2n) is 3.72. The first-order valence-electron chi connectivity index (χ1n) is 5.48. The Balaban J connectivity index is 2.33. The molecule has 0 aliphatic rings. The molecule has 0 spiro atoms. The molecular weight excluding hydrogens is 310 g/mol. The van der Waals surface area contributed by atoms with Crippen molar-refractivity contribution in [2.24, 2.45) is 0 Å². The van der Waals surface area contributed by atoms with Crippen LogP contribution in [-0.2, 0) is 0 Å². The Bertz CT molecular complexity index is 617. The number of nitrogen functional groups attached to an aromatic ring is 1. The average molecular weight is 322 g/mol. The van der Waals surface area contributed by atoms with Crippen molar-refractivity contribution in [3.05, 3.63) is 46.7 Å².